The fourth-order valence-electron chi connectivity index (χ4n) is 1.94. The van der Waals surface area contributed by atoms with Crippen LogP contribution in [0.2, 0.25) is 0 Å². The van der Waals surface area contributed by atoms with Gasteiger partial charge in [-0.25, -0.2) is 8.42 Å². The summed E-state index contributed by atoms with van der Waals surface area (Å²) < 4.78 is 26.5. The summed E-state index contributed by atoms with van der Waals surface area (Å²) in [5, 5.41) is 17.9. The molecule has 0 aromatic heterocycles. The molecule has 100 valence electrons. The first-order valence-electron chi connectivity index (χ1n) is 5.67. The van der Waals surface area contributed by atoms with Crippen LogP contribution in [0.25, 0.3) is 0 Å². The van der Waals surface area contributed by atoms with Gasteiger partial charge in [0.15, 0.2) is 0 Å². The molecule has 0 saturated heterocycles. The van der Waals surface area contributed by atoms with Crippen molar-refractivity contribution in [2.24, 2.45) is 0 Å². The molecule has 2 rings (SSSR count). The molecule has 0 heterocycles. The molecule has 6 nitrogen and oxygen atoms in total. The Morgan fingerprint density at radius 3 is 2.58 bits per heavy atom. The lowest BCUT2D eigenvalue weighted by Crippen LogP contribution is -2.58. The summed E-state index contributed by atoms with van der Waals surface area (Å²) in [5.41, 5.74) is -1.19. The molecule has 19 heavy (non-hydrogen) atoms. The molecule has 1 aromatic carbocycles. The van der Waals surface area contributed by atoms with Crippen LogP contribution in [0.3, 0.4) is 0 Å². The molecule has 2 N–H and O–H groups in total. The number of nitrogens with zero attached hydrogens (tertiary/aromatic N) is 1. The van der Waals surface area contributed by atoms with Crippen LogP contribution < -0.4 is 4.72 Å². The number of hydrogen-bond donors (Lipinski definition) is 2. The largest absolute Gasteiger partial charge is 0.480 e. The van der Waals surface area contributed by atoms with Crippen molar-refractivity contribution in [2.75, 3.05) is 0 Å². The van der Waals surface area contributed by atoms with E-state index in [0.717, 1.165) is 0 Å². The van der Waals surface area contributed by atoms with E-state index in [9.17, 15) is 13.2 Å². The number of benzene rings is 1. The van der Waals surface area contributed by atoms with Gasteiger partial charge in [-0.3, -0.25) is 4.79 Å². The highest BCUT2D eigenvalue weighted by Crippen LogP contribution is 2.33. The van der Waals surface area contributed by atoms with Crippen LogP contribution in [0.15, 0.2) is 29.2 Å². The average Bonchev–Trinajstić information content (AvgIpc) is 2.33. The molecule has 1 aliphatic carbocycles. The molecular formula is C12H12N2O4S. The molecule has 0 bridgehead atoms. The first-order chi connectivity index (χ1) is 8.89. The number of sulfonamides is 1. The third-order valence-corrected chi connectivity index (χ3v) is 4.75. The van der Waals surface area contributed by atoms with E-state index in [4.69, 9.17) is 10.4 Å². The number of carboxylic acids is 1. The van der Waals surface area contributed by atoms with Crippen LogP contribution in [0.4, 0.5) is 0 Å². The van der Waals surface area contributed by atoms with Crippen molar-refractivity contribution in [3.8, 4) is 6.07 Å². The summed E-state index contributed by atoms with van der Waals surface area (Å²) in [6.07, 6.45) is 1.23. The molecule has 0 spiro atoms. The van der Waals surface area contributed by atoms with E-state index in [1.807, 2.05) is 6.07 Å². The topological polar surface area (TPSA) is 107 Å². The van der Waals surface area contributed by atoms with E-state index in [1.165, 1.54) is 24.3 Å². The summed E-state index contributed by atoms with van der Waals surface area (Å²) >= 11 is 0. The van der Waals surface area contributed by atoms with Crippen LogP contribution in [-0.4, -0.2) is 25.0 Å². The monoisotopic (exact) mass is 280 g/mol. The predicted molar refractivity (Wildman–Crippen MR) is 65.7 cm³/mol. The molecule has 0 radical (unpaired) electrons. The van der Waals surface area contributed by atoms with Gasteiger partial charge in [-0.2, -0.15) is 9.98 Å². The maximum atomic E-state index is 12.1. The van der Waals surface area contributed by atoms with Gasteiger partial charge in [0.2, 0.25) is 10.0 Å². The van der Waals surface area contributed by atoms with Crippen LogP contribution in [0.5, 0.6) is 0 Å². The van der Waals surface area contributed by atoms with E-state index in [1.54, 1.807) is 0 Å². The minimum absolute atomic E-state index is 0.0981. The Kier molecular flexibility index (Phi) is 3.30. The van der Waals surface area contributed by atoms with Gasteiger partial charge >= 0.3 is 5.97 Å². The van der Waals surface area contributed by atoms with Crippen molar-refractivity contribution < 1.29 is 18.3 Å². The zero-order valence-electron chi connectivity index (χ0n) is 9.96. The number of rotatable bonds is 4. The quantitative estimate of drug-likeness (QED) is 0.850. The average molecular weight is 280 g/mol. The zero-order valence-corrected chi connectivity index (χ0v) is 10.8. The highest BCUT2D eigenvalue weighted by molar-refractivity contribution is 7.89. The Morgan fingerprint density at radius 1 is 1.42 bits per heavy atom. The van der Waals surface area contributed by atoms with E-state index in [-0.39, 0.29) is 23.3 Å². The Bertz CT molecular complexity index is 657. The third kappa shape index (κ3) is 2.45. The summed E-state index contributed by atoms with van der Waals surface area (Å²) in [6.45, 7) is 0. The van der Waals surface area contributed by atoms with Crippen molar-refractivity contribution in [2.45, 2.75) is 29.7 Å². The summed E-state index contributed by atoms with van der Waals surface area (Å²) in [5.74, 6) is -1.17. The van der Waals surface area contributed by atoms with Gasteiger partial charge in [0, 0.05) is 0 Å². The smallest absolute Gasteiger partial charge is 0.324 e. The third-order valence-electron chi connectivity index (χ3n) is 3.22. The first kappa shape index (κ1) is 13.5. The molecule has 0 amide bonds. The van der Waals surface area contributed by atoms with Crippen molar-refractivity contribution in [3.63, 3.8) is 0 Å². The predicted octanol–water partition coefficient (Wildman–Crippen LogP) is 0.844. The number of nitrogens with one attached hydrogen (secondary N) is 1. The number of hydrogen-bond acceptors (Lipinski definition) is 4. The highest BCUT2D eigenvalue weighted by atomic mass is 32.2. The van der Waals surface area contributed by atoms with Crippen LogP contribution >= 0.6 is 0 Å². The lowest BCUT2D eigenvalue weighted by atomic mass is 9.78. The number of carboxylic acid groups (broad SMARTS) is 1. The van der Waals surface area contributed by atoms with Gasteiger partial charge < -0.3 is 5.11 Å². The maximum absolute atomic E-state index is 12.1. The first-order valence-corrected chi connectivity index (χ1v) is 7.15. The molecular weight excluding hydrogens is 268 g/mol. The standard InChI is InChI=1S/C12H12N2O4S/c13-8-9-3-1-4-10(7-9)19(17,18)14-12(11(15)16)5-2-6-12/h1,3-4,7,14H,2,5-6H2,(H,15,16). The fourth-order valence-corrected chi connectivity index (χ4v) is 3.40. The SMILES string of the molecule is N#Cc1cccc(S(=O)(=O)NC2(C(=O)O)CCC2)c1. The number of nitriles is 1. The van der Waals surface area contributed by atoms with Crippen molar-refractivity contribution in [1.29, 1.82) is 5.26 Å². The minimum atomic E-state index is -3.94. The molecule has 1 fully saturated rings. The van der Waals surface area contributed by atoms with E-state index < -0.39 is 21.5 Å². The second-order valence-corrected chi connectivity index (χ2v) is 6.17. The molecule has 0 unspecified atom stereocenters. The Balaban J connectivity index is 2.33. The lowest BCUT2D eigenvalue weighted by molar-refractivity contribution is -0.147. The Morgan fingerprint density at radius 2 is 2.11 bits per heavy atom. The normalized spacial score (nSPS) is 17.2. The molecule has 7 heteroatoms. The molecule has 1 aromatic rings. The lowest BCUT2D eigenvalue weighted by Gasteiger charge is -2.37. The van der Waals surface area contributed by atoms with Crippen molar-refractivity contribution in [1.82, 2.24) is 4.72 Å². The van der Waals surface area contributed by atoms with Gasteiger partial charge in [0.05, 0.1) is 16.5 Å². The number of aliphatic carboxylic acids is 1. The zero-order chi connectivity index (χ0) is 14.1. The summed E-state index contributed by atoms with van der Waals surface area (Å²) in [6, 6.07) is 7.32. The second-order valence-electron chi connectivity index (χ2n) is 4.49. The van der Waals surface area contributed by atoms with Crippen LogP contribution in [0.1, 0.15) is 24.8 Å². The summed E-state index contributed by atoms with van der Waals surface area (Å²) in [4.78, 5) is 11.1. The van der Waals surface area contributed by atoms with Gasteiger partial charge in [-0.1, -0.05) is 6.07 Å². The maximum Gasteiger partial charge on any atom is 0.324 e. The van der Waals surface area contributed by atoms with Gasteiger partial charge in [0.1, 0.15) is 5.54 Å². The fraction of sp³-hybridized carbons (Fsp3) is 0.333. The Labute approximate surface area is 110 Å². The molecule has 0 atom stereocenters. The van der Waals surface area contributed by atoms with Crippen LogP contribution in [0, 0.1) is 11.3 Å². The van der Waals surface area contributed by atoms with Gasteiger partial charge in [-0.15, -0.1) is 0 Å². The Hall–Kier alpha value is -1.91. The van der Waals surface area contributed by atoms with Gasteiger partial charge in [0.25, 0.3) is 0 Å². The summed E-state index contributed by atoms with van der Waals surface area (Å²) in [7, 11) is -3.94. The van der Waals surface area contributed by atoms with Crippen molar-refractivity contribution >= 4 is 16.0 Å². The van der Waals surface area contributed by atoms with Gasteiger partial charge in [-0.05, 0) is 37.5 Å². The highest BCUT2D eigenvalue weighted by Gasteiger charge is 2.47. The number of carbonyl (C=O) groups is 1. The molecule has 1 saturated carbocycles. The second kappa shape index (κ2) is 4.64. The van der Waals surface area contributed by atoms with E-state index in [0.29, 0.717) is 6.42 Å². The minimum Gasteiger partial charge on any atom is -0.480 e. The van der Waals surface area contributed by atoms with E-state index in [2.05, 4.69) is 4.72 Å². The molecule has 1 aliphatic rings. The van der Waals surface area contributed by atoms with Crippen LogP contribution in [-0.2, 0) is 14.8 Å². The molecule has 0 aliphatic heterocycles. The van der Waals surface area contributed by atoms with Crippen molar-refractivity contribution in [3.05, 3.63) is 29.8 Å². The van der Waals surface area contributed by atoms with E-state index >= 15 is 0 Å².